The van der Waals surface area contributed by atoms with E-state index in [1.165, 1.54) is 0 Å². The van der Waals surface area contributed by atoms with Crippen LogP contribution in [-0.4, -0.2) is 46.0 Å². The van der Waals surface area contributed by atoms with Gasteiger partial charge in [0.15, 0.2) is 0 Å². The van der Waals surface area contributed by atoms with E-state index in [0.29, 0.717) is 30.4 Å². The monoisotopic (exact) mass is 334 g/mol. The number of ether oxygens (including phenoxy) is 1. The van der Waals surface area contributed by atoms with E-state index in [-0.39, 0.29) is 12.0 Å². The number of piperidine rings is 1. The van der Waals surface area contributed by atoms with E-state index >= 15 is 0 Å². The molecule has 1 saturated heterocycles. The van der Waals surface area contributed by atoms with Gasteiger partial charge in [0.05, 0.1) is 36.4 Å². The van der Waals surface area contributed by atoms with Crippen molar-refractivity contribution in [2.45, 2.75) is 19.4 Å². The summed E-state index contributed by atoms with van der Waals surface area (Å²) in [6.45, 7) is 3.29. The average molecular weight is 335 g/mol. The molecule has 6 nitrogen and oxygen atoms in total. The van der Waals surface area contributed by atoms with Gasteiger partial charge in [0.25, 0.3) is 10.1 Å². The van der Waals surface area contributed by atoms with Crippen molar-refractivity contribution < 1.29 is 17.3 Å². The second-order valence-electron chi connectivity index (χ2n) is 5.23. The van der Waals surface area contributed by atoms with Crippen LogP contribution in [0.2, 0.25) is 5.02 Å². The lowest BCUT2D eigenvalue weighted by atomic mass is 9.96. The number of anilines is 1. The molecule has 1 aliphatic rings. The van der Waals surface area contributed by atoms with Crippen molar-refractivity contribution in [3.63, 3.8) is 0 Å². The number of aromatic nitrogens is 1. The van der Waals surface area contributed by atoms with E-state index < -0.39 is 10.1 Å². The molecule has 1 aromatic rings. The summed E-state index contributed by atoms with van der Waals surface area (Å²) in [5, 5.41) is 0.547. The summed E-state index contributed by atoms with van der Waals surface area (Å²) in [6.07, 6.45) is 2.96. The zero-order valence-electron chi connectivity index (χ0n) is 12.2. The molecule has 118 valence electrons. The van der Waals surface area contributed by atoms with Gasteiger partial charge in [-0.25, -0.2) is 4.98 Å². The third-order valence-electron chi connectivity index (χ3n) is 3.48. The Bertz CT molecular complexity index is 608. The summed E-state index contributed by atoms with van der Waals surface area (Å²) in [4.78, 5) is 6.15. The maximum Gasteiger partial charge on any atom is 0.264 e. The van der Waals surface area contributed by atoms with Crippen molar-refractivity contribution in [3.05, 3.63) is 17.3 Å². The van der Waals surface area contributed by atoms with Crippen molar-refractivity contribution in [1.29, 1.82) is 0 Å². The quantitative estimate of drug-likeness (QED) is 0.784. The van der Waals surface area contributed by atoms with Gasteiger partial charge in [0.2, 0.25) is 5.88 Å². The largest absolute Gasteiger partial charge is 0.481 e. The smallest absolute Gasteiger partial charge is 0.264 e. The lowest BCUT2D eigenvalue weighted by molar-refractivity contribution is 0.130. The Kier molecular flexibility index (Phi) is 4.95. The summed E-state index contributed by atoms with van der Waals surface area (Å²) in [5.41, 5.74) is 0.841. The molecule has 2 unspecified atom stereocenters. The molecule has 2 heterocycles. The molecule has 0 radical (unpaired) electrons. The lowest BCUT2D eigenvalue weighted by Gasteiger charge is -2.37. The van der Waals surface area contributed by atoms with Gasteiger partial charge < -0.3 is 9.64 Å². The first-order chi connectivity index (χ1) is 9.80. The highest BCUT2D eigenvalue weighted by atomic mass is 35.5. The molecule has 1 aliphatic heterocycles. The fraction of sp³-hybridized carbons (Fsp3) is 0.615. The zero-order chi connectivity index (χ0) is 15.6. The number of nitrogens with zero attached hydrogens (tertiary/aromatic N) is 2. The molecule has 0 amide bonds. The third kappa shape index (κ3) is 4.21. The molecular weight excluding hydrogens is 316 g/mol. The molecule has 1 aromatic heterocycles. The molecule has 0 aliphatic carbocycles. The topological polar surface area (TPSA) is 68.7 Å². The number of hydrogen-bond acceptors (Lipinski definition) is 6. The van der Waals surface area contributed by atoms with Gasteiger partial charge in [0, 0.05) is 25.1 Å². The van der Waals surface area contributed by atoms with Gasteiger partial charge in [0.1, 0.15) is 0 Å². The van der Waals surface area contributed by atoms with E-state index in [1.54, 1.807) is 19.4 Å². The van der Waals surface area contributed by atoms with Gasteiger partial charge in [-0.3, -0.25) is 4.18 Å². The molecule has 0 bridgehead atoms. The van der Waals surface area contributed by atoms with Crippen LogP contribution >= 0.6 is 11.6 Å². The lowest BCUT2D eigenvalue weighted by Crippen LogP contribution is -2.44. The van der Waals surface area contributed by atoms with Crippen LogP contribution < -0.4 is 9.64 Å². The summed E-state index contributed by atoms with van der Waals surface area (Å²) < 4.78 is 32.7. The summed E-state index contributed by atoms with van der Waals surface area (Å²) in [5.74, 6) is 0.570. The van der Waals surface area contributed by atoms with Crippen LogP contribution in [0, 0.1) is 5.92 Å². The predicted octanol–water partition coefficient (Wildman–Crippen LogP) is 1.93. The van der Waals surface area contributed by atoms with Gasteiger partial charge >= 0.3 is 0 Å². The number of methoxy groups -OCH3 is 1. The van der Waals surface area contributed by atoms with Crippen LogP contribution in [0.25, 0.3) is 0 Å². The molecule has 0 N–H and O–H groups in total. The third-order valence-corrected chi connectivity index (χ3v) is 4.37. The molecule has 0 aromatic carbocycles. The van der Waals surface area contributed by atoms with Gasteiger partial charge in [-0.1, -0.05) is 18.5 Å². The number of rotatable bonds is 4. The van der Waals surface area contributed by atoms with Crippen molar-refractivity contribution >= 4 is 27.4 Å². The van der Waals surface area contributed by atoms with Crippen LogP contribution in [0.4, 0.5) is 5.69 Å². The molecule has 2 atom stereocenters. The van der Waals surface area contributed by atoms with E-state index in [2.05, 4.69) is 9.88 Å². The van der Waals surface area contributed by atoms with Crippen LogP contribution in [0.15, 0.2) is 12.3 Å². The summed E-state index contributed by atoms with van der Waals surface area (Å²) in [7, 11) is -1.88. The normalized spacial score (nSPS) is 23.1. The second-order valence-corrected chi connectivity index (χ2v) is 7.24. The minimum absolute atomic E-state index is 0.0729. The Morgan fingerprint density at radius 1 is 1.48 bits per heavy atom. The van der Waals surface area contributed by atoms with Crippen LogP contribution in [0.1, 0.15) is 13.3 Å². The Morgan fingerprint density at radius 2 is 2.19 bits per heavy atom. The van der Waals surface area contributed by atoms with Crippen LogP contribution in [0.3, 0.4) is 0 Å². The number of halogens is 1. The Hall–Kier alpha value is -1.05. The first-order valence-corrected chi connectivity index (χ1v) is 8.82. The number of pyridine rings is 1. The zero-order valence-corrected chi connectivity index (χ0v) is 13.8. The predicted molar refractivity (Wildman–Crippen MR) is 81.5 cm³/mol. The maximum absolute atomic E-state index is 11.3. The highest BCUT2D eigenvalue weighted by molar-refractivity contribution is 7.86. The minimum Gasteiger partial charge on any atom is -0.481 e. The van der Waals surface area contributed by atoms with E-state index in [9.17, 15) is 8.42 Å². The molecular formula is C13H19ClN2O4S. The summed E-state index contributed by atoms with van der Waals surface area (Å²) >= 11 is 6.19. The fourth-order valence-corrected chi connectivity index (χ4v) is 3.43. The standard InChI is InChI=1S/C13H19ClN2O4S/c1-9-8-16(5-4-12(9)20-21(3,17)18)11-6-13(19-2)15-7-10(11)14/h6-7,9,12H,4-5,8H2,1-3H3. The number of hydrogen-bond donors (Lipinski definition) is 0. The van der Waals surface area contributed by atoms with Crippen molar-refractivity contribution in [1.82, 2.24) is 4.98 Å². The highest BCUT2D eigenvalue weighted by Crippen LogP contribution is 2.32. The molecule has 1 fully saturated rings. The van der Waals surface area contributed by atoms with Crippen LogP contribution in [-0.2, 0) is 14.3 Å². The highest BCUT2D eigenvalue weighted by Gasteiger charge is 2.30. The van der Waals surface area contributed by atoms with Gasteiger partial charge in [-0.05, 0) is 6.42 Å². The first-order valence-electron chi connectivity index (χ1n) is 6.63. The van der Waals surface area contributed by atoms with Crippen molar-refractivity contribution in [2.75, 3.05) is 31.4 Å². The van der Waals surface area contributed by atoms with E-state index in [0.717, 1.165) is 11.9 Å². The molecule has 21 heavy (non-hydrogen) atoms. The maximum atomic E-state index is 11.3. The van der Waals surface area contributed by atoms with E-state index in [1.807, 2.05) is 6.92 Å². The Labute approximate surface area is 130 Å². The average Bonchev–Trinajstić information content (AvgIpc) is 2.40. The van der Waals surface area contributed by atoms with E-state index in [4.69, 9.17) is 20.5 Å². The SMILES string of the molecule is COc1cc(N2CCC(OS(C)(=O)=O)C(C)C2)c(Cl)cn1. The Balaban J connectivity index is 2.12. The van der Waals surface area contributed by atoms with Gasteiger partial charge in [-0.2, -0.15) is 8.42 Å². The molecule has 0 saturated carbocycles. The van der Waals surface area contributed by atoms with Gasteiger partial charge in [-0.15, -0.1) is 0 Å². The van der Waals surface area contributed by atoms with Crippen molar-refractivity contribution in [2.24, 2.45) is 5.92 Å². The fourth-order valence-electron chi connectivity index (χ4n) is 2.47. The summed E-state index contributed by atoms with van der Waals surface area (Å²) in [6, 6.07) is 1.78. The minimum atomic E-state index is -3.43. The van der Waals surface area contributed by atoms with Crippen LogP contribution in [0.5, 0.6) is 5.88 Å². The first kappa shape index (κ1) is 16.3. The van der Waals surface area contributed by atoms with Crippen molar-refractivity contribution in [3.8, 4) is 5.88 Å². The molecule has 8 heteroatoms. The molecule has 2 rings (SSSR count). The molecule has 0 spiro atoms. The Morgan fingerprint density at radius 3 is 2.76 bits per heavy atom. The second kappa shape index (κ2) is 6.37.